The normalized spacial score (nSPS) is 11.9. The highest BCUT2D eigenvalue weighted by atomic mass is 19.1. The van der Waals surface area contributed by atoms with Gasteiger partial charge in [0.25, 0.3) is 0 Å². The first-order valence-corrected chi connectivity index (χ1v) is 6.28. The van der Waals surface area contributed by atoms with E-state index in [-0.39, 0.29) is 5.82 Å². The molecule has 4 heteroatoms. The summed E-state index contributed by atoms with van der Waals surface area (Å²) in [6, 6.07) is 13.3. The Hall–Kier alpha value is -2.20. The van der Waals surface area contributed by atoms with Crippen molar-refractivity contribution in [3.63, 3.8) is 0 Å². The topological polar surface area (TPSA) is 52.3 Å². The van der Waals surface area contributed by atoms with Gasteiger partial charge in [-0.3, -0.25) is 4.79 Å². The summed E-state index contributed by atoms with van der Waals surface area (Å²) in [5.74, 6) is -0.699. The molecule has 2 rings (SSSR count). The number of halogens is 1. The Balaban J connectivity index is 2.20. The van der Waals surface area contributed by atoms with Crippen molar-refractivity contribution >= 4 is 5.97 Å². The number of methoxy groups -OCH3 is 1. The van der Waals surface area contributed by atoms with Crippen molar-refractivity contribution in [2.24, 2.45) is 5.73 Å². The minimum absolute atomic E-state index is 0.266. The number of carbonyl (C=O) groups is 1. The highest BCUT2D eigenvalue weighted by Crippen LogP contribution is 2.21. The predicted octanol–water partition coefficient (Wildman–Crippen LogP) is 2.54. The molecule has 20 heavy (non-hydrogen) atoms. The molecule has 2 N–H and O–H groups in total. The lowest BCUT2D eigenvalue weighted by molar-refractivity contribution is -0.142. The van der Waals surface area contributed by atoms with E-state index in [0.29, 0.717) is 6.42 Å². The smallest absolute Gasteiger partial charge is 0.322 e. The van der Waals surface area contributed by atoms with Crippen molar-refractivity contribution in [1.29, 1.82) is 0 Å². The molecular weight excluding hydrogens is 257 g/mol. The van der Waals surface area contributed by atoms with Gasteiger partial charge in [-0.15, -0.1) is 0 Å². The zero-order valence-electron chi connectivity index (χ0n) is 11.2. The number of nitrogens with two attached hydrogens (primary N) is 1. The summed E-state index contributed by atoms with van der Waals surface area (Å²) in [7, 11) is 1.32. The van der Waals surface area contributed by atoms with E-state index in [9.17, 15) is 9.18 Å². The molecular formula is C16H16FNO2. The third-order valence-corrected chi connectivity index (χ3v) is 3.06. The van der Waals surface area contributed by atoms with Crippen LogP contribution in [0.5, 0.6) is 0 Å². The van der Waals surface area contributed by atoms with Crippen LogP contribution in [0.1, 0.15) is 5.56 Å². The van der Waals surface area contributed by atoms with Crippen LogP contribution >= 0.6 is 0 Å². The second-order valence-corrected chi connectivity index (χ2v) is 4.54. The fourth-order valence-electron chi connectivity index (χ4n) is 2.01. The molecule has 0 radical (unpaired) electrons. The first kappa shape index (κ1) is 14.2. The van der Waals surface area contributed by atoms with Crippen LogP contribution in [-0.2, 0) is 16.0 Å². The summed E-state index contributed by atoms with van der Waals surface area (Å²) in [6.45, 7) is 0. The average Bonchev–Trinajstić information content (AvgIpc) is 2.47. The van der Waals surface area contributed by atoms with Crippen molar-refractivity contribution in [2.75, 3.05) is 7.11 Å². The van der Waals surface area contributed by atoms with Crippen LogP contribution < -0.4 is 5.73 Å². The van der Waals surface area contributed by atoms with E-state index in [1.54, 1.807) is 12.1 Å². The summed E-state index contributed by atoms with van der Waals surface area (Å²) in [5, 5.41) is 0. The molecule has 0 heterocycles. The second kappa shape index (κ2) is 6.30. The Morgan fingerprint density at radius 2 is 1.90 bits per heavy atom. The molecule has 0 aromatic heterocycles. The van der Waals surface area contributed by atoms with E-state index in [2.05, 4.69) is 4.74 Å². The SMILES string of the molecule is COC(=O)C(N)Cc1cccc(-c2ccc(F)cc2)c1. The van der Waals surface area contributed by atoms with Crippen LogP contribution in [-0.4, -0.2) is 19.1 Å². The number of esters is 1. The van der Waals surface area contributed by atoms with Gasteiger partial charge in [-0.2, -0.15) is 0 Å². The lowest BCUT2D eigenvalue weighted by Gasteiger charge is -2.10. The van der Waals surface area contributed by atoms with Gasteiger partial charge < -0.3 is 10.5 Å². The van der Waals surface area contributed by atoms with Crippen molar-refractivity contribution in [3.8, 4) is 11.1 Å². The van der Waals surface area contributed by atoms with E-state index in [1.165, 1.54) is 19.2 Å². The third kappa shape index (κ3) is 3.42. The molecule has 0 aliphatic heterocycles. The molecule has 3 nitrogen and oxygen atoms in total. The minimum Gasteiger partial charge on any atom is -0.468 e. The van der Waals surface area contributed by atoms with E-state index in [1.807, 2.05) is 24.3 Å². The summed E-state index contributed by atoms with van der Waals surface area (Å²) in [6.07, 6.45) is 0.404. The highest BCUT2D eigenvalue weighted by molar-refractivity contribution is 5.76. The van der Waals surface area contributed by atoms with Gasteiger partial charge in [0.2, 0.25) is 0 Å². The standard InChI is InChI=1S/C16H16FNO2/c1-20-16(19)15(18)10-11-3-2-4-13(9-11)12-5-7-14(17)8-6-12/h2-9,15H,10,18H2,1H3. The molecule has 1 atom stereocenters. The number of hydrogen-bond donors (Lipinski definition) is 1. The Bertz CT molecular complexity index is 596. The first-order chi connectivity index (χ1) is 9.60. The van der Waals surface area contributed by atoms with Crippen molar-refractivity contribution < 1.29 is 13.9 Å². The lowest BCUT2D eigenvalue weighted by Crippen LogP contribution is -2.33. The van der Waals surface area contributed by atoms with Gasteiger partial charge in [0, 0.05) is 0 Å². The molecule has 0 aliphatic rings. The molecule has 0 fully saturated rings. The molecule has 1 unspecified atom stereocenters. The molecule has 104 valence electrons. The molecule has 0 aliphatic carbocycles. The number of benzene rings is 2. The molecule has 0 saturated heterocycles. The quantitative estimate of drug-likeness (QED) is 0.871. The Kier molecular flexibility index (Phi) is 4.48. The van der Waals surface area contributed by atoms with Gasteiger partial charge in [0.15, 0.2) is 0 Å². The second-order valence-electron chi connectivity index (χ2n) is 4.54. The van der Waals surface area contributed by atoms with Crippen LogP contribution in [0, 0.1) is 5.82 Å². The van der Waals surface area contributed by atoms with E-state index >= 15 is 0 Å². The monoisotopic (exact) mass is 273 g/mol. The molecule has 0 bridgehead atoms. The van der Waals surface area contributed by atoms with Crippen LogP contribution in [0.15, 0.2) is 48.5 Å². The van der Waals surface area contributed by atoms with Crippen LogP contribution in [0.3, 0.4) is 0 Å². The minimum atomic E-state index is -0.677. The van der Waals surface area contributed by atoms with Crippen molar-refractivity contribution in [1.82, 2.24) is 0 Å². The average molecular weight is 273 g/mol. The van der Waals surface area contributed by atoms with Gasteiger partial charge in [0.05, 0.1) is 7.11 Å². The number of carbonyl (C=O) groups excluding carboxylic acids is 1. The third-order valence-electron chi connectivity index (χ3n) is 3.06. The molecule has 0 amide bonds. The van der Waals surface area contributed by atoms with E-state index < -0.39 is 12.0 Å². The molecule has 0 saturated carbocycles. The lowest BCUT2D eigenvalue weighted by atomic mass is 10.00. The zero-order valence-corrected chi connectivity index (χ0v) is 11.2. The number of ether oxygens (including phenoxy) is 1. The highest BCUT2D eigenvalue weighted by Gasteiger charge is 2.14. The Morgan fingerprint density at radius 1 is 1.20 bits per heavy atom. The molecule has 2 aromatic rings. The van der Waals surface area contributed by atoms with Crippen molar-refractivity contribution in [3.05, 3.63) is 59.9 Å². The van der Waals surface area contributed by atoms with Gasteiger partial charge in [-0.1, -0.05) is 36.4 Å². The maximum Gasteiger partial charge on any atom is 0.322 e. The fourth-order valence-corrected chi connectivity index (χ4v) is 2.01. The Morgan fingerprint density at radius 3 is 2.55 bits per heavy atom. The van der Waals surface area contributed by atoms with Crippen LogP contribution in [0.2, 0.25) is 0 Å². The molecule has 2 aromatic carbocycles. The van der Waals surface area contributed by atoms with E-state index in [4.69, 9.17) is 5.73 Å². The predicted molar refractivity (Wildman–Crippen MR) is 75.5 cm³/mol. The fraction of sp³-hybridized carbons (Fsp3) is 0.188. The van der Waals surface area contributed by atoms with Crippen molar-refractivity contribution in [2.45, 2.75) is 12.5 Å². The zero-order chi connectivity index (χ0) is 14.5. The van der Waals surface area contributed by atoms with E-state index in [0.717, 1.165) is 16.7 Å². The Labute approximate surface area is 117 Å². The maximum atomic E-state index is 12.9. The van der Waals surface area contributed by atoms with Gasteiger partial charge in [-0.05, 0) is 35.2 Å². The van der Waals surface area contributed by atoms with Crippen LogP contribution in [0.25, 0.3) is 11.1 Å². The largest absolute Gasteiger partial charge is 0.468 e. The van der Waals surface area contributed by atoms with Crippen LogP contribution in [0.4, 0.5) is 4.39 Å². The van der Waals surface area contributed by atoms with Gasteiger partial charge >= 0.3 is 5.97 Å². The number of rotatable bonds is 4. The molecule has 0 spiro atoms. The number of hydrogen-bond acceptors (Lipinski definition) is 3. The first-order valence-electron chi connectivity index (χ1n) is 6.28. The van der Waals surface area contributed by atoms with Gasteiger partial charge in [-0.25, -0.2) is 4.39 Å². The summed E-state index contributed by atoms with van der Waals surface area (Å²) < 4.78 is 17.5. The summed E-state index contributed by atoms with van der Waals surface area (Å²) in [5.41, 5.74) is 8.55. The maximum absolute atomic E-state index is 12.9. The summed E-state index contributed by atoms with van der Waals surface area (Å²) >= 11 is 0. The summed E-state index contributed by atoms with van der Waals surface area (Å²) in [4.78, 5) is 11.3. The van der Waals surface area contributed by atoms with Gasteiger partial charge in [0.1, 0.15) is 11.9 Å².